The average Bonchev–Trinajstić information content (AvgIpc) is 2.56. The lowest BCUT2D eigenvalue weighted by atomic mass is 10.1. The van der Waals surface area contributed by atoms with Gasteiger partial charge in [0.05, 0.1) is 10.6 Å². The second kappa shape index (κ2) is 7.15. The van der Waals surface area contributed by atoms with Crippen LogP contribution in [0.3, 0.4) is 0 Å². The van der Waals surface area contributed by atoms with E-state index in [0.717, 1.165) is 0 Å². The highest BCUT2D eigenvalue weighted by molar-refractivity contribution is 6.51. The number of anilines is 1. The minimum atomic E-state index is -0.557. The van der Waals surface area contributed by atoms with E-state index < -0.39 is 10.7 Å². The molecular weight excluding hydrogens is 320 g/mol. The van der Waals surface area contributed by atoms with Crippen LogP contribution >= 0.6 is 11.6 Å². The van der Waals surface area contributed by atoms with E-state index in [1.54, 1.807) is 6.07 Å². The Morgan fingerprint density at radius 1 is 1.17 bits per heavy atom. The smallest absolute Gasteiger partial charge is 0.269 e. The molecule has 0 radical (unpaired) electrons. The molecule has 114 valence electrons. The number of non-ortho nitro benzene ring substituents is 1. The van der Waals surface area contributed by atoms with Crippen LogP contribution in [0.15, 0.2) is 53.6 Å². The fourth-order valence-electron chi connectivity index (χ4n) is 1.64. The number of carbonyl (C=O) groups excluding carboxylic acids is 1. The first-order valence-electron chi connectivity index (χ1n) is 6.30. The van der Waals surface area contributed by atoms with Crippen LogP contribution in [-0.2, 0) is 0 Å². The van der Waals surface area contributed by atoms with Crippen LogP contribution in [0, 0.1) is 21.4 Å². The molecule has 0 heterocycles. The highest BCUT2D eigenvalue weighted by atomic mass is 35.5. The third-order valence-corrected chi connectivity index (χ3v) is 3.05. The van der Waals surface area contributed by atoms with Crippen molar-refractivity contribution >= 4 is 34.5 Å². The number of benzene rings is 2. The molecule has 2 aromatic carbocycles. The lowest BCUT2D eigenvalue weighted by molar-refractivity contribution is -0.384. The molecule has 0 aromatic heterocycles. The van der Waals surface area contributed by atoms with E-state index in [0.29, 0.717) is 10.7 Å². The Morgan fingerprint density at radius 3 is 2.30 bits per heavy atom. The molecule has 0 aliphatic rings. The number of nitrogens with zero attached hydrogens (tertiary/aromatic N) is 3. The van der Waals surface area contributed by atoms with E-state index in [4.69, 9.17) is 16.9 Å². The third-order valence-electron chi connectivity index (χ3n) is 2.80. The van der Waals surface area contributed by atoms with Crippen molar-refractivity contribution < 1.29 is 9.72 Å². The largest absolute Gasteiger partial charge is 0.286 e. The number of nitro groups is 1. The Hall–Kier alpha value is -3.24. The molecule has 2 aromatic rings. The summed E-state index contributed by atoms with van der Waals surface area (Å²) in [6.07, 6.45) is 0. The number of nitrogens with one attached hydrogen (secondary N) is 1. The molecule has 7 nitrogen and oxygen atoms in total. The van der Waals surface area contributed by atoms with Crippen molar-refractivity contribution in [1.82, 2.24) is 0 Å². The van der Waals surface area contributed by atoms with Crippen molar-refractivity contribution in [3.63, 3.8) is 0 Å². The van der Waals surface area contributed by atoms with Gasteiger partial charge in [0.15, 0.2) is 0 Å². The molecule has 0 spiro atoms. The van der Waals surface area contributed by atoms with Gasteiger partial charge in [-0.25, -0.2) is 0 Å². The lowest BCUT2D eigenvalue weighted by Crippen LogP contribution is -2.14. The van der Waals surface area contributed by atoms with E-state index in [9.17, 15) is 14.9 Å². The van der Waals surface area contributed by atoms with E-state index in [-0.39, 0.29) is 17.0 Å². The summed E-state index contributed by atoms with van der Waals surface area (Å²) >= 11 is 5.74. The van der Waals surface area contributed by atoms with Gasteiger partial charge >= 0.3 is 0 Å². The molecule has 0 unspecified atom stereocenters. The van der Waals surface area contributed by atoms with Gasteiger partial charge in [0.2, 0.25) is 11.5 Å². The quantitative estimate of drug-likeness (QED) is 0.391. The van der Waals surface area contributed by atoms with Crippen LogP contribution in [0.1, 0.15) is 10.4 Å². The third kappa shape index (κ3) is 4.12. The van der Waals surface area contributed by atoms with Crippen molar-refractivity contribution in [3.8, 4) is 6.07 Å². The summed E-state index contributed by atoms with van der Waals surface area (Å²) in [5.41, 5.74) is 2.79. The molecule has 23 heavy (non-hydrogen) atoms. The van der Waals surface area contributed by atoms with Gasteiger partial charge in [-0.3, -0.25) is 20.3 Å². The van der Waals surface area contributed by atoms with Crippen LogP contribution in [-0.4, -0.2) is 16.4 Å². The average molecular weight is 329 g/mol. The Labute approximate surface area is 136 Å². The molecular formula is C15H9ClN4O3. The standard InChI is InChI=1S/C15H9ClN4O3/c16-11-3-1-10(2-4-11)15(21)14(9-17)19-18-12-5-7-13(8-6-12)20(22)23/h1-8,18H/b19-14-. The summed E-state index contributed by atoms with van der Waals surface area (Å²) in [4.78, 5) is 22.2. The Balaban J connectivity index is 2.15. The number of hydrazone groups is 1. The molecule has 2 rings (SSSR count). The molecule has 1 N–H and O–H groups in total. The lowest BCUT2D eigenvalue weighted by Gasteiger charge is -2.02. The van der Waals surface area contributed by atoms with Gasteiger partial charge < -0.3 is 0 Å². The van der Waals surface area contributed by atoms with Gasteiger partial charge in [-0.1, -0.05) is 11.6 Å². The first-order chi connectivity index (χ1) is 11.0. The van der Waals surface area contributed by atoms with E-state index >= 15 is 0 Å². The van der Waals surface area contributed by atoms with Gasteiger partial charge in [-0.2, -0.15) is 10.4 Å². The zero-order chi connectivity index (χ0) is 16.8. The summed E-state index contributed by atoms with van der Waals surface area (Å²) in [7, 11) is 0. The molecule has 0 aliphatic carbocycles. The minimum Gasteiger partial charge on any atom is -0.286 e. The first-order valence-corrected chi connectivity index (χ1v) is 6.67. The number of hydrogen-bond donors (Lipinski definition) is 1. The molecule has 0 saturated carbocycles. The first kappa shape index (κ1) is 16.1. The van der Waals surface area contributed by atoms with E-state index in [2.05, 4.69) is 10.5 Å². The zero-order valence-electron chi connectivity index (χ0n) is 11.6. The molecule has 0 fully saturated rings. The van der Waals surface area contributed by atoms with Crippen molar-refractivity contribution in [1.29, 1.82) is 5.26 Å². The highest BCUT2D eigenvalue weighted by Crippen LogP contribution is 2.15. The predicted molar refractivity (Wildman–Crippen MR) is 85.5 cm³/mol. The van der Waals surface area contributed by atoms with Crippen LogP contribution in [0.5, 0.6) is 0 Å². The number of hydrogen-bond acceptors (Lipinski definition) is 6. The Bertz CT molecular complexity index is 808. The number of ketones is 1. The maximum absolute atomic E-state index is 12.1. The highest BCUT2D eigenvalue weighted by Gasteiger charge is 2.14. The van der Waals surface area contributed by atoms with Crippen molar-refractivity contribution in [2.24, 2.45) is 5.10 Å². The number of nitro benzene ring substituents is 1. The molecule has 0 saturated heterocycles. The Morgan fingerprint density at radius 2 is 1.78 bits per heavy atom. The van der Waals surface area contributed by atoms with E-state index in [1.165, 1.54) is 48.5 Å². The SMILES string of the molecule is N#C/C(=N/Nc1ccc([N+](=O)[O-])cc1)C(=O)c1ccc(Cl)cc1. The minimum absolute atomic E-state index is 0.0720. The topological polar surface area (TPSA) is 108 Å². The normalized spacial score (nSPS) is 10.7. The summed E-state index contributed by atoms with van der Waals surface area (Å²) in [5.74, 6) is -0.557. The fraction of sp³-hybridized carbons (Fsp3) is 0. The van der Waals surface area contributed by atoms with E-state index in [1.807, 2.05) is 0 Å². The van der Waals surface area contributed by atoms with Gasteiger partial charge in [0, 0.05) is 22.7 Å². The number of halogens is 1. The van der Waals surface area contributed by atoms with Gasteiger partial charge in [0.1, 0.15) is 6.07 Å². The summed E-state index contributed by atoms with van der Waals surface area (Å²) in [6, 6.07) is 13.2. The van der Waals surface area contributed by atoms with Gasteiger partial charge in [-0.15, -0.1) is 0 Å². The summed E-state index contributed by atoms with van der Waals surface area (Å²) in [5, 5.41) is 23.8. The number of rotatable bonds is 5. The summed E-state index contributed by atoms with van der Waals surface area (Å²) < 4.78 is 0. The summed E-state index contributed by atoms with van der Waals surface area (Å²) in [6.45, 7) is 0. The van der Waals surface area contributed by atoms with Crippen LogP contribution in [0.2, 0.25) is 5.02 Å². The van der Waals surface area contributed by atoms with Crippen molar-refractivity contribution in [2.75, 3.05) is 5.43 Å². The molecule has 0 amide bonds. The fourth-order valence-corrected chi connectivity index (χ4v) is 1.77. The maximum Gasteiger partial charge on any atom is 0.269 e. The molecule has 8 heteroatoms. The van der Waals surface area contributed by atoms with Crippen molar-refractivity contribution in [3.05, 3.63) is 69.2 Å². The van der Waals surface area contributed by atoms with Gasteiger partial charge in [-0.05, 0) is 36.4 Å². The monoisotopic (exact) mass is 328 g/mol. The molecule has 0 aliphatic heterocycles. The van der Waals surface area contributed by atoms with Crippen molar-refractivity contribution in [2.45, 2.75) is 0 Å². The molecule has 0 atom stereocenters. The molecule has 0 bridgehead atoms. The number of carbonyl (C=O) groups is 1. The van der Waals surface area contributed by atoms with Crippen LogP contribution < -0.4 is 5.43 Å². The van der Waals surface area contributed by atoms with Crippen LogP contribution in [0.4, 0.5) is 11.4 Å². The number of Topliss-reactive ketones (excluding diaryl/α,β-unsaturated/α-hetero) is 1. The second-order valence-corrected chi connectivity index (χ2v) is 4.76. The van der Waals surface area contributed by atoms with Gasteiger partial charge in [0.25, 0.3) is 5.69 Å². The zero-order valence-corrected chi connectivity index (χ0v) is 12.3. The predicted octanol–water partition coefficient (Wildman–Crippen LogP) is 3.42. The number of nitriles is 1. The Kier molecular flexibility index (Phi) is 5.02. The maximum atomic E-state index is 12.1. The van der Waals surface area contributed by atoms with Crippen LogP contribution in [0.25, 0.3) is 0 Å². The second-order valence-electron chi connectivity index (χ2n) is 4.32.